The molecule has 0 atom stereocenters. The van der Waals surface area contributed by atoms with Crippen LogP contribution in [0.15, 0.2) is 59.1 Å². The molecule has 0 unspecified atom stereocenters. The van der Waals surface area contributed by atoms with Crippen LogP contribution in [0, 0.1) is 0 Å². The summed E-state index contributed by atoms with van der Waals surface area (Å²) in [6.45, 7) is -0.178. The molecule has 3 aromatic rings. The number of aryl methyl sites for hydroxylation is 1. The van der Waals surface area contributed by atoms with E-state index in [1.165, 1.54) is 6.07 Å². The predicted octanol–water partition coefficient (Wildman–Crippen LogP) is 4.34. The highest BCUT2D eigenvalue weighted by Gasteiger charge is 2.11. The SMILES string of the molecule is O=C(CCc1ncc(-c2ccccc2)o1)NCC(=O)Nc1cc(Cl)ccc1Cl. The number of amides is 2. The highest BCUT2D eigenvalue weighted by atomic mass is 35.5. The average Bonchev–Trinajstić information content (AvgIpc) is 3.17. The molecule has 0 radical (unpaired) electrons. The monoisotopic (exact) mass is 417 g/mol. The molecule has 1 aromatic heterocycles. The largest absolute Gasteiger partial charge is 0.441 e. The van der Waals surface area contributed by atoms with E-state index in [0.717, 1.165) is 5.56 Å². The van der Waals surface area contributed by atoms with Crippen molar-refractivity contribution in [3.63, 3.8) is 0 Å². The van der Waals surface area contributed by atoms with Gasteiger partial charge in [-0.3, -0.25) is 9.59 Å². The van der Waals surface area contributed by atoms with Gasteiger partial charge < -0.3 is 15.1 Å². The number of anilines is 1. The van der Waals surface area contributed by atoms with E-state index in [1.54, 1.807) is 18.3 Å². The first-order chi connectivity index (χ1) is 13.5. The van der Waals surface area contributed by atoms with Crippen molar-refractivity contribution < 1.29 is 14.0 Å². The lowest BCUT2D eigenvalue weighted by atomic mass is 10.2. The summed E-state index contributed by atoms with van der Waals surface area (Å²) in [4.78, 5) is 28.1. The summed E-state index contributed by atoms with van der Waals surface area (Å²) in [6, 6.07) is 14.3. The number of oxazole rings is 1. The smallest absolute Gasteiger partial charge is 0.243 e. The minimum Gasteiger partial charge on any atom is -0.441 e. The van der Waals surface area contributed by atoms with Gasteiger partial charge >= 0.3 is 0 Å². The van der Waals surface area contributed by atoms with Crippen molar-refractivity contribution in [3.8, 4) is 11.3 Å². The summed E-state index contributed by atoms with van der Waals surface area (Å²) >= 11 is 11.9. The molecule has 0 aliphatic heterocycles. The number of nitrogens with zero attached hydrogens (tertiary/aromatic N) is 1. The van der Waals surface area contributed by atoms with Crippen LogP contribution in [0.2, 0.25) is 10.0 Å². The second-order valence-corrected chi connectivity index (χ2v) is 6.78. The van der Waals surface area contributed by atoms with Crippen LogP contribution in [-0.4, -0.2) is 23.3 Å². The van der Waals surface area contributed by atoms with E-state index in [9.17, 15) is 9.59 Å². The normalized spacial score (nSPS) is 10.5. The van der Waals surface area contributed by atoms with Crippen molar-refractivity contribution >= 4 is 40.7 Å². The Morgan fingerprint density at radius 3 is 2.61 bits per heavy atom. The molecule has 0 saturated heterocycles. The van der Waals surface area contributed by atoms with Crippen molar-refractivity contribution in [1.82, 2.24) is 10.3 Å². The number of carbonyl (C=O) groups is 2. The molecule has 2 amide bonds. The molecule has 6 nitrogen and oxygen atoms in total. The van der Waals surface area contributed by atoms with E-state index in [4.69, 9.17) is 27.6 Å². The number of hydrogen-bond acceptors (Lipinski definition) is 4. The molecule has 0 saturated carbocycles. The maximum atomic E-state index is 12.0. The molecule has 3 rings (SSSR count). The second-order valence-electron chi connectivity index (χ2n) is 5.93. The van der Waals surface area contributed by atoms with Crippen LogP contribution in [0.5, 0.6) is 0 Å². The van der Waals surface area contributed by atoms with Crippen molar-refractivity contribution in [1.29, 1.82) is 0 Å². The topological polar surface area (TPSA) is 84.2 Å². The minimum atomic E-state index is -0.403. The van der Waals surface area contributed by atoms with Gasteiger partial charge in [-0.15, -0.1) is 0 Å². The van der Waals surface area contributed by atoms with Crippen molar-refractivity contribution in [3.05, 3.63) is 70.7 Å². The molecular weight excluding hydrogens is 401 g/mol. The zero-order valence-electron chi connectivity index (χ0n) is 14.7. The van der Waals surface area contributed by atoms with Crippen molar-refractivity contribution in [2.75, 3.05) is 11.9 Å². The van der Waals surface area contributed by atoms with E-state index in [-0.39, 0.29) is 18.9 Å². The molecule has 0 aliphatic carbocycles. The van der Waals surface area contributed by atoms with Crippen molar-refractivity contribution in [2.24, 2.45) is 0 Å². The summed E-state index contributed by atoms with van der Waals surface area (Å²) < 4.78 is 5.65. The fraction of sp³-hybridized carbons (Fsp3) is 0.150. The van der Waals surface area contributed by atoms with Crippen molar-refractivity contribution in [2.45, 2.75) is 12.8 Å². The third kappa shape index (κ3) is 5.58. The Balaban J connectivity index is 1.44. The number of hydrogen-bond donors (Lipinski definition) is 2. The zero-order chi connectivity index (χ0) is 19.9. The quantitative estimate of drug-likeness (QED) is 0.598. The number of benzene rings is 2. The van der Waals surface area contributed by atoms with Gasteiger partial charge in [-0.25, -0.2) is 4.98 Å². The van der Waals surface area contributed by atoms with Gasteiger partial charge in [0.1, 0.15) is 0 Å². The first-order valence-electron chi connectivity index (χ1n) is 8.53. The van der Waals surface area contributed by atoms with Crippen LogP contribution in [0.1, 0.15) is 12.3 Å². The third-order valence-corrected chi connectivity index (χ3v) is 4.39. The standard InChI is InChI=1S/C20H17Cl2N3O3/c21-14-6-7-15(22)16(10-14)25-19(27)12-23-18(26)8-9-20-24-11-17(28-20)13-4-2-1-3-5-13/h1-7,10-11H,8-9,12H2,(H,23,26)(H,25,27). The average molecular weight is 418 g/mol. The van der Waals surface area contributed by atoms with Gasteiger partial charge in [0.15, 0.2) is 11.7 Å². The summed E-state index contributed by atoms with van der Waals surface area (Å²) in [7, 11) is 0. The molecule has 0 spiro atoms. The minimum absolute atomic E-state index is 0.153. The molecule has 144 valence electrons. The maximum absolute atomic E-state index is 12.0. The first-order valence-corrected chi connectivity index (χ1v) is 9.28. The number of aromatic nitrogens is 1. The molecule has 2 N–H and O–H groups in total. The Morgan fingerprint density at radius 1 is 1.04 bits per heavy atom. The lowest BCUT2D eigenvalue weighted by Gasteiger charge is -2.08. The third-order valence-electron chi connectivity index (χ3n) is 3.83. The highest BCUT2D eigenvalue weighted by Crippen LogP contribution is 2.25. The fourth-order valence-electron chi connectivity index (χ4n) is 2.44. The molecule has 2 aromatic carbocycles. The van der Waals surface area contributed by atoms with E-state index >= 15 is 0 Å². The van der Waals surface area contributed by atoms with E-state index in [2.05, 4.69) is 15.6 Å². The second kappa shape index (κ2) is 9.39. The molecule has 8 heteroatoms. The Bertz CT molecular complexity index is 974. The molecule has 0 bridgehead atoms. The van der Waals surface area contributed by atoms with E-state index in [1.807, 2.05) is 30.3 Å². The van der Waals surface area contributed by atoms with Gasteiger partial charge in [-0.05, 0) is 18.2 Å². The van der Waals surface area contributed by atoms with Crippen LogP contribution >= 0.6 is 23.2 Å². The molecule has 28 heavy (non-hydrogen) atoms. The molecular formula is C20H17Cl2N3O3. The highest BCUT2D eigenvalue weighted by molar-refractivity contribution is 6.35. The predicted molar refractivity (Wildman–Crippen MR) is 108 cm³/mol. The Morgan fingerprint density at radius 2 is 1.82 bits per heavy atom. The fourth-order valence-corrected chi connectivity index (χ4v) is 2.77. The van der Waals surface area contributed by atoms with Gasteiger partial charge in [0, 0.05) is 23.4 Å². The molecule has 1 heterocycles. The zero-order valence-corrected chi connectivity index (χ0v) is 16.3. The van der Waals surface area contributed by atoms with Crippen LogP contribution < -0.4 is 10.6 Å². The van der Waals surface area contributed by atoms with E-state index in [0.29, 0.717) is 33.8 Å². The van der Waals surface area contributed by atoms with Gasteiger partial charge in [0.2, 0.25) is 11.8 Å². The lowest BCUT2D eigenvalue weighted by Crippen LogP contribution is -2.33. The Hall–Kier alpha value is -2.83. The van der Waals surface area contributed by atoms with Crippen LogP contribution in [-0.2, 0) is 16.0 Å². The summed E-state index contributed by atoms with van der Waals surface area (Å²) in [5.74, 6) is 0.421. The van der Waals surface area contributed by atoms with Crippen LogP contribution in [0.4, 0.5) is 5.69 Å². The Labute approximate surface area is 171 Å². The van der Waals surface area contributed by atoms with Crippen LogP contribution in [0.3, 0.4) is 0 Å². The molecule has 0 fully saturated rings. The number of nitrogens with one attached hydrogen (secondary N) is 2. The Kier molecular flexibility index (Phi) is 6.68. The summed E-state index contributed by atoms with van der Waals surface area (Å²) in [5.41, 5.74) is 1.31. The number of carbonyl (C=O) groups excluding carboxylic acids is 2. The first kappa shape index (κ1) is 19.9. The van der Waals surface area contributed by atoms with Gasteiger partial charge in [0.05, 0.1) is 23.5 Å². The van der Waals surface area contributed by atoms with Gasteiger partial charge in [-0.2, -0.15) is 0 Å². The maximum Gasteiger partial charge on any atom is 0.243 e. The van der Waals surface area contributed by atoms with Gasteiger partial charge in [-0.1, -0.05) is 53.5 Å². The summed E-state index contributed by atoms with van der Waals surface area (Å²) in [6.07, 6.45) is 2.12. The molecule has 0 aliphatic rings. The van der Waals surface area contributed by atoms with Gasteiger partial charge in [0.25, 0.3) is 0 Å². The summed E-state index contributed by atoms with van der Waals surface area (Å²) in [5, 5.41) is 5.96. The number of rotatable bonds is 7. The van der Waals surface area contributed by atoms with Crippen LogP contribution in [0.25, 0.3) is 11.3 Å². The number of halogens is 2. The van der Waals surface area contributed by atoms with E-state index < -0.39 is 5.91 Å². The lowest BCUT2D eigenvalue weighted by molar-refractivity contribution is -0.124.